The minimum absolute atomic E-state index is 0.0783. The van der Waals surface area contributed by atoms with Crippen molar-refractivity contribution in [2.24, 2.45) is 5.92 Å². The number of likely N-dealkylation sites (tertiary alicyclic amines) is 1. The van der Waals surface area contributed by atoms with Gasteiger partial charge in [-0.3, -0.25) is 9.59 Å². The van der Waals surface area contributed by atoms with Gasteiger partial charge in [0.15, 0.2) is 0 Å². The number of hydrogen-bond acceptors (Lipinski definition) is 3. The lowest BCUT2D eigenvalue weighted by molar-refractivity contribution is -0.141. The fraction of sp³-hybridized carbons (Fsp3) is 0.467. The first kappa shape index (κ1) is 14.4. The van der Waals surface area contributed by atoms with Gasteiger partial charge in [-0.1, -0.05) is 12.1 Å². The molecule has 0 aliphatic carbocycles. The van der Waals surface area contributed by atoms with Gasteiger partial charge in [0, 0.05) is 13.0 Å². The third-order valence-electron chi connectivity index (χ3n) is 3.95. The number of benzene rings is 1. The summed E-state index contributed by atoms with van der Waals surface area (Å²) >= 11 is 0. The number of carbonyl (C=O) groups excluding carboxylic acids is 1. The van der Waals surface area contributed by atoms with Crippen molar-refractivity contribution in [3.63, 3.8) is 0 Å². The molecule has 0 saturated carbocycles. The standard InChI is InChI=1S/C15H19NO4/c1-15(2,11-4-6-12(20-3)7-5-11)16-9-10(14(18)19)8-13(16)17/h4-7,10H,8-9H2,1-3H3,(H,18,19). The van der Waals surface area contributed by atoms with E-state index in [1.807, 2.05) is 38.1 Å². The molecule has 0 spiro atoms. The van der Waals surface area contributed by atoms with Crippen molar-refractivity contribution in [2.45, 2.75) is 25.8 Å². The van der Waals surface area contributed by atoms with E-state index < -0.39 is 17.4 Å². The zero-order chi connectivity index (χ0) is 14.9. The van der Waals surface area contributed by atoms with Crippen LogP contribution in [0.25, 0.3) is 0 Å². The molecule has 0 bridgehead atoms. The highest BCUT2D eigenvalue weighted by Gasteiger charge is 2.42. The molecule has 108 valence electrons. The Kier molecular flexibility index (Phi) is 3.70. The molecule has 5 nitrogen and oxygen atoms in total. The van der Waals surface area contributed by atoms with E-state index in [-0.39, 0.29) is 18.9 Å². The summed E-state index contributed by atoms with van der Waals surface area (Å²) in [5, 5.41) is 9.06. The molecule has 5 heteroatoms. The van der Waals surface area contributed by atoms with Crippen LogP contribution in [0.2, 0.25) is 0 Å². The Hall–Kier alpha value is -2.04. The van der Waals surface area contributed by atoms with Crippen molar-refractivity contribution in [3.05, 3.63) is 29.8 Å². The predicted octanol–water partition coefficient (Wildman–Crippen LogP) is 1.86. The Bertz CT molecular complexity index is 521. The molecule has 1 amide bonds. The van der Waals surface area contributed by atoms with Gasteiger partial charge >= 0.3 is 5.97 Å². The van der Waals surface area contributed by atoms with Crippen LogP contribution in [0.5, 0.6) is 5.75 Å². The monoisotopic (exact) mass is 277 g/mol. The minimum Gasteiger partial charge on any atom is -0.497 e. The Morgan fingerprint density at radius 1 is 1.35 bits per heavy atom. The molecule has 1 N–H and O–H groups in total. The number of rotatable bonds is 4. The van der Waals surface area contributed by atoms with E-state index >= 15 is 0 Å². The quantitative estimate of drug-likeness (QED) is 0.912. The van der Waals surface area contributed by atoms with E-state index in [0.717, 1.165) is 11.3 Å². The molecule has 1 aliphatic heterocycles. The summed E-state index contributed by atoms with van der Waals surface area (Å²) in [6.45, 7) is 4.11. The van der Waals surface area contributed by atoms with E-state index in [4.69, 9.17) is 9.84 Å². The Morgan fingerprint density at radius 2 is 1.95 bits per heavy atom. The number of methoxy groups -OCH3 is 1. The maximum atomic E-state index is 12.1. The third kappa shape index (κ3) is 2.48. The Morgan fingerprint density at radius 3 is 2.40 bits per heavy atom. The molecule has 1 atom stereocenters. The SMILES string of the molecule is COc1ccc(C(C)(C)N2CC(C(=O)O)CC2=O)cc1. The van der Waals surface area contributed by atoms with Crippen molar-refractivity contribution in [2.75, 3.05) is 13.7 Å². The largest absolute Gasteiger partial charge is 0.497 e. The Labute approximate surface area is 118 Å². The van der Waals surface area contributed by atoms with Gasteiger partial charge in [0.25, 0.3) is 0 Å². The number of nitrogens with zero attached hydrogens (tertiary/aromatic N) is 1. The maximum Gasteiger partial charge on any atom is 0.308 e. The van der Waals surface area contributed by atoms with Crippen LogP contribution in [0.3, 0.4) is 0 Å². The zero-order valence-electron chi connectivity index (χ0n) is 11.9. The van der Waals surface area contributed by atoms with Crippen molar-refractivity contribution >= 4 is 11.9 Å². The van der Waals surface area contributed by atoms with Crippen LogP contribution < -0.4 is 4.74 Å². The second-order valence-electron chi connectivity index (χ2n) is 5.53. The molecule has 1 aromatic carbocycles. The van der Waals surface area contributed by atoms with Gasteiger partial charge in [0.1, 0.15) is 5.75 Å². The van der Waals surface area contributed by atoms with E-state index in [9.17, 15) is 9.59 Å². The molecule has 2 rings (SSSR count). The summed E-state index contributed by atoms with van der Waals surface area (Å²) in [6, 6.07) is 7.49. The lowest BCUT2D eigenvalue weighted by atomic mass is 9.92. The molecule has 20 heavy (non-hydrogen) atoms. The lowest BCUT2D eigenvalue weighted by Crippen LogP contribution is -2.42. The fourth-order valence-corrected chi connectivity index (χ4v) is 2.57. The van der Waals surface area contributed by atoms with Crippen LogP contribution in [-0.2, 0) is 15.1 Å². The fourth-order valence-electron chi connectivity index (χ4n) is 2.57. The second-order valence-corrected chi connectivity index (χ2v) is 5.53. The summed E-state index contributed by atoms with van der Waals surface area (Å²) in [5.74, 6) is -0.884. The van der Waals surface area contributed by atoms with Crippen LogP contribution in [0, 0.1) is 5.92 Å². The van der Waals surface area contributed by atoms with Gasteiger partial charge in [-0.15, -0.1) is 0 Å². The van der Waals surface area contributed by atoms with Crippen LogP contribution in [0.1, 0.15) is 25.8 Å². The summed E-state index contributed by atoms with van der Waals surface area (Å²) in [6.07, 6.45) is 0.0783. The maximum absolute atomic E-state index is 12.1. The number of carboxylic acid groups (broad SMARTS) is 1. The molecule has 0 aromatic heterocycles. The molecular weight excluding hydrogens is 258 g/mol. The first-order valence-corrected chi connectivity index (χ1v) is 6.54. The Balaban J connectivity index is 2.25. The molecular formula is C15H19NO4. The van der Waals surface area contributed by atoms with Gasteiger partial charge < -0.3 is 14.7 Å². The average Bonchev–Trinajstić information content (AvgIpc) is 2.82. The van der Waals surface area contributed by atoms with Gasteiger partial charge in [-0.25, -0.2) is 0 Å². The number of hydrogen-bond donors (Lipinski definition) is 1. The van der Waals surface area contributed by atoms with Gasteiger partial charge in [-0.05, 0) is 31.5 Å². The topological polar surface area (TPSA) is 66.8 Å². The van der Waals surface area contributed by atoms with Crippen LogP contribution >= 0.6 is 0 Å². The smallest absolute Gasteiger partial charge is 0.308 e. The molecule has 1 fully saturated rings. The van der Waals surface area contributed by atoms with Gasteiger partial charge in [-0.2, -0.15) is 0 Å². The van der Waals surface area contributed by atoms with Crippen LogP contribution in [0.15, 0.2) is 24.3 Å². The first-order valence-electron chi connectivity index (χ1n) is 6.54. The minimum atomic E-state index is -0.911. The molecule has 1 saturated heterocycles. The predicted molar refractivity (Wildman–Crippen MR) is 73.5 cm³/mol. The molecule has 1 heterocycles. The number of carbonyl (C=O) groups is 2. The number of carboxylic acids is 1. The van der Waals surface area contributed by atoms with E-state index in [0.29, 0.717) is 0 Å². The summed E-state index contributed by atoms with van der Waals surface area (Å²) in [7, 11) is 1.60. The number of ether oxygens (including phenoxy) is 1. The van der Waals surface area contributed by atoms with E-state index in [1.165, 1.54) is 0 Å². The van der Waals surface area contributed by atoms with Crippen molar-refractivity contribution in [1.29, 1.82) is 0 Å². The number of amides is 1. The first-order chi connectivity index (χ1) is 9.36. The van der Waals surface area contributed by atoms with Crippen molar-refractivity contribution in [1.82, 2.24) is 4.90 Å². The second kappa shape index (κ2) is 5.15. The summed E-state index contributed by atoms with van der Waals surface area (Å²) in [4.78, 5) is 24.8. The van der Waals surface area contributed by atoms with Gasteiger partial charge in [0.2, 0.25) is 5.91 Å². The summed E-state index contributed by atoms with van der Waals surface area (Å²) in [5.41, 5.74) is 0.422. The highest BCUT2D eigenvalue weighted by molar-refractivity contribution is 5.86. The molecule has 1 aliphatic rings. The lowest BCUT2D eigenvalue weighted by Gasteiger charge is -2.36. The highest BCUT2D eigenvalue weighted by Crippen LogP contribution is 2.34. The highest BCUT2D eigenvalue weighted by atomic mass is 16.5. The average molecular weight is 277 g/mol. The molecule has 1 aromatic rings. The van der Waals surface area contributed by atoms with E-state index in [1.54, 1.807) is 12.0 Å². The zero-order valence-corrected chi connectivity index (χ0v) is 11.9. The summed E-state index contributed by atoms with van der Waals surface area (Å²) < 4.78 is 5.12. The van der Waals surface area contributed by atoms with Crippen LogP contribution in [0.4, 0.5) is 0 Å². The van der Waals surface area contributed by atoms with E-state index in [2.05, 4.69) is 0 Å². The normalized spacial score (nSPS) is 19.2. The molecule has 1 unspecified atom stereocenters. The van der Waals surface area contributed by atoms with Gasteiger partial charge in [0.05, 0.1) is 18.6 Å². The number of aliphatic carboxylic acids is 1. The molecule has 0 radical (unpaired) electrons. The van der Waals surface area contributed by atoms with Crippen LogP contribution in [-0.4, -0.2) is 35.5 Å². The van der Waals surface area contributed by atoms with Crippen molar-refractivity contribution in [3.8, 4) is 5.75 Å². The third-order valence-corrected chi connectivity index (χ3v) is 3.95. The van der Waals surface area contributed by atoms with Crippen molar-refractivity contribution < 1.29 is 19.4 Å².